The van der Waals surface area contributed by atoms with Crippen LogP contribution in [-0.2, 0) is 21.7 Å². The van der Waals surface area contributed by atoms with Crippen LogP contribution in [0.5, 0.6) is 11.5 Å². The van der Waals surface area contributed by atoms with Crippen LogP contribution in [0.1, 0.15) is 103 Å². The molecule has 5 nitrogen and oxygen atoms in total. The van der Waals surface area contributed by atoms with Crippen molar-refractivity contribution in [2.75, 3.05) is 4.90 Å². The topological polar surface area (TPSA) is 51.1 Å². The van der Waals surface area contributed by atoms with E-state index < -0.39 is 5.41 Å². The number of fused-ring (bicyclic) bond motifs is 5. The summed E-state index contributed by atoms with van der Waals surface area (Å²) in [6.07, 6.45) is 0. The van der Waals surface area contributed by atoms with Crippen LogP contribution >= 0.6 is 0 Å². The lowest BCUT2D eigenvalue weighted by atomic mass is 9.70. The van der Waals surface area contributed by atoms with Gasteiger partial charge in [-0.3, -0.25) is 0 Å². The molecule has 1 aliphatic carbocycles. The monoisotopic (exact) mass is 989 g/mol. The molecule has 0 saturated carbocycles. The molecule has 0 fully saturated rings. The molecule has 12 rings (SSSR count). The van der Waals surface area contributed by atoms with E-state index in [2.05, 4.69) is 244 Å². The molecule has 0 amide bonds. The zero-order valence-electron chi connectivity index (χ0n) is 45.3. The first kappa shape index (κ1) is 48.5. The van der Waals surface area contributed by atoms with Crippen molar-refractivity contribution in [1.29, 1.82) is 0 Å². The molecule has 10 aromatic rings. The summed E-state index contributed by atoms with van der Waals surface area (Å²) in [5, 5.41) is 0. The zero-order chi connectivity index (χ0) is 52.7. The van der Waals surface area contributed by atoms with E-state index in [4.69, 9.17) is 19.7 Å². The number of hydrogen-bond donors (Lipinski definition) is 0. The molecule has 2 heterocycles. The number of ether oxygens (including phenoxy) is 1. The fourth-order valence-electron chi connectivity index (χ4n) is 11.3. The summed E-state index contributed by atoms with van der Waals surface area (Å²) in [4.78, 5) is 18.0. The third-order valence-electron chi connectivity index (χ3n) is 15.9. The maximum absolute atomic E-state index is 7.55. The Hall–Kier alpha value is -8.41. The van der Waals surface area contributed by atoms with Gasteiger partial charge in [-0.25, -0.2) is 15.0 Å². The molecule has 2 aliphatic rings. The minimum atomic E-state index is -0.476. The van der Waals surface area contributed by atoms with E-state index in [1.807, 2.05) is 36.4 Å². The standard InChI is InChI=1S/C71H64N4O/c1-68(2,3)50-40-57(47-32-36-53(37-33-47)75(52-34-30-46(31-35-52)45-22-14-11-15-23-45)54-38-39-56-55-28-20-21-29-59(55)70(7,8)60(56)44-54)63-61(42-50)71(9,10)62-43-51(69(4,5)6)41-58(64(62)76-63)67-73-65(48-24-16-12-17-25-48)72-66(74-67)49-26-18-13-19-27-49/h11-44H,1-10H3. The quantitative estimate of drug-likeness (QED) is 0.152. The first-order chi connectivity index (χ1) is 36.4. The van der Waals surface area contributed by atoms with Crippen LogP contribution in [0.3, 0.4) is 0 Å². The molecule has 0 saturated heterocycles. The highest BCUT2D eigenvalue weighted by atomic mass is 16.5. The second-order valence-electron chi connectivity index (χ2n) is 23.8. The Labute approximate surface area is 449 Å². The van der Waals surface area contributed by atoms with Gasteiger partial charge in [0, 0.05) is 55.7 Å². The lowest BCUT2D eigenvalue weighted by molar-refractivity contribution is 0.417. The van der Waals surface area contributed by atoms with Crippen molar-refractivity contribution in [1.82, 2.24) is 15.0 Å². The lowest BCUT2D eigenvalue weighted by Crippen LogP contribution is -2.27. The molecule has 0 atom stereocenters. The SMILES string of the molecule is CC(C)(C)c1cc(-c2ccc(N(c3ccc(-c4ccccc4)cc3)c3ccc4c(c3)C(C)(C)c3ccccc3-4)cc2)c2c(c1)C(C)(C)c1cc(C(C)(C)C)cc(-c3nc(-c4ccccc4)nc(-c4ccccc4)n3)c1O2. The predicted molar refractivity (Wildman–Crippen MR) is 315 cm³/mol. The molecule has 9 aromatic carbocycles. The molecule has 374 valence electrons. The third-order valence-corrected chi connectivity index (χ3v) is 15.9. The molecule has 5 heteroatoms. The van der Waals surface area contributed by atoms with Crippen molar-refractivity contribution in [2.45, 2.75) is 90.9 Å². The Bertz CT molecular complexity index is 3770. The van der Waals surface area contributed by atoms with E-state index in [1.54, 1.807) is 0 Å². The molecule has 0 unspecified atom stereocenters. The summed E-state index contributed by atoms with van der Waals surface area (Å²) in [5.74, 6) is 3.41. The van der Waals surface area contributed by atoms with Gasteiger partial charge in [-0.2, -0.15) is 0 Å². The van der Waals surface area contributed by atoms with Crippen molar-refractivity contribution in [3.63, 3.8) is 0 Å². The van der Waals surface area contributed by atoms with Crippen molar-refractivity contribution in [3.8, 4) is 79.0 Å². The van der Waals surface area contributed by atoms with Crippen LogP contribution < -0.4 is 9.64 Å². The lowest BCUT2D eigenvalue weighted by Gasteiger charge is -2.39. The molecule has 76 heavy (non-hydrogen) atoms. The van der Waals surface area contributed by atoms with E-state index in [0.717, 1.165) is 67.5 Å². The van der Waals surface area contributed by atoms with Crippen molar-refractivity contribution < 1.29 is 4.74 Å². The maximum Gasteiger partial charge on any atom is 0.167 e. The Morgan fingerprint density at radius 2 is 0.737 bits per heavy atom. The highest BCUT2D eigenvalue weighted by molar-refractivity contribution is 5.88. The molecular weight excluding hydrogens is 925 g/mol. The predicted octanol–water partition coefficient (Wildman–Crippen LogP) is 19.0. The Morgan fingerprint density at radius 3 is 1.28 bits per heavy atom. The summed E-state index contributed by atoms with van der Waals surface area (Å²) in [5.41, 5.74) is 19.5. The van der Waals surface area contributed by atoms with E-state index in [9.17, 15) is 0 Å². The number of nitrogens with zero attached hydrogens (tertiary/aromatic N) is 4. The van der Waals surface area contributed by atoms with E-state index >= 15 is 0 Å². The van der Waals surface area contributed by atoms with Gasteiger partial charge in [0.25, 0.3) is 0 Å². The molecule has 1 aliphatic heterocycles. The molecule has 0 spiro atoms. The fourth-order valence-corrected chi connectivity index (χ4v) is 11.3. The van der Waals surface area contributed by atoms with Crippen molar-refractivity contribution in [2.24, 2.45) is 0 Å². The second-order valence-corrected chi connectivity index (χ2v) is 23.8. The first-order valence-electron chi connectivity index (χ1n) is 26.7. The summed E-state index contributed by atoms with van der Waals surface area (Å²) >= 11 is 0. The largest absolute Gasteiger partial charge is 0.455 e. The number of anilines is 3. The number of hydrogen-bond acceptors (Lipinski definition) is 5. The average molecular weight is 989 g/mol. The molecule has 0 bridgehead atoms. The van der Waals surface area contributed by atoms with Crippen LogP contribution in [0.4, 0.5) is 17.1 Å². The van der Waals surface area contributed by atoms with Gasteiger partial charge < -0.3 is 9.64 Å². The molecule has 0 N–H and O–H groups in total. The average Bonchev–Trinajstić information content (AvgIpc) is 3.68. The van der Waals surface area contributed by atoms with Gasteiger partial charge in [0.1, 0.15) is 11.5 Å². The van der Waals surface area contributed by atoms with Gasteiger partial charge >= 0.3 is 0 Å². The number of rotatable bonds is 8. The third kappa shape index (κ3) is 8.48. The highest BCUT2D eigenvalue weighted by Crippen LogP contribution is 2.57. The number of benzene rings is 9. The second kappa shape index (κ2) is 18.2. The molecular formula is C71H64N4O. The van der Waals surface area contributed by atoms with Crippen molar-refractivity contribution in [3.05, 3.63) is 240 Å². The zero-order valence-corrected chi connectivity index (χ0v) is 45.3. The van der Waals surface area contributed by atoms with Gasteiger partial charge in [-0.05, 0) is 109 Å². The minimum Gasteiger partial charge on any atom is -0.455 e. The normalized spacial score (nSPS) is 14.0. The Kier molecular flexibility index (Phi) is 11.6. The van der Waals surface area contributed by atoms with E-state index in [0.29, 0.717) is 17.5 Å². The van der Waals surface area contributed by atoms with Crippen LogP contribution in [0.15, 0.2) is 206 Å². The Morgan fingerprint density at radius 1 is 0.329 bits per heavy atom. The Balaban J connectivity index is 1.02. The van der Waals surface area contributed by atoms with Crippen LogP contribution in [0, 0.1) is 0 Å². The summed E-state index contributed by atoms with van der Waals surface area (Å²) in [6.45, 7) is 23.1. The summed E-state index contributed by atoms with van der Waals surface area (Å²) < 4.78 is 7.55. The van der Waals surface area contributed by atoms with Crippen LogP contribution in [-0.4, -0.2) is 15.0 Å². The van der Waals surface area contributed by atoms with Gasteiger partial charge in [0.15, 0.2) is 17.5 Å². The van der Waals surface area contributed by atoms with Gasteiger partial charge in [0.2, 0.25) is 0 Å². The van der Waals surface area contributed by atoms with Gasteiger partial charge in [0.05, 0.1) is 5.56 Å². The molecule has 0 radical (unpaired) electrons. The molecule has 1 aromatic heterocycles. The maximum atomic E-state index is 7.55. The van der Waals surface area contributed by atoms with E-state index in [-0.39, 0.29) is 16.2 Å². The van der Waals surface area contributed by atoms with Gasteiger partial charge in [-0.1, -0.05) is 227 Å². The first-order valence-corrected chi connectivity index (χ1v) is 26.7. The van der Waals surface area contributed by atoms with E-state index in [1.165, 1.54) is 44.5 Å². The summed E-state index contributed by atoms with van der Waals surface area (Å²) in [7, 11) is 0. The minimum absolute atomic E-state index is 0.144. The summed E-state index contributed by atoms with van der Waals surface area (Å²) in [6, 6.07) is 74.3. The number of aromatic nitrogens is 3. The van der Waals surface area contributed by atoms with Crippen molar-refractivity contribution >= 4 is 17.1 Å². The van der Waals surface area contributed by atoms with Crippen LogP contribution in [0.25, 0.3) is 67.5 Å². The van der Waals surface area contributed by atoms with Crippen LogP contribution in [0.2, 0.25) is 0 Å². The highest BCUT2D eigenvalue weighted by Gasteiger charge is 2.41. The fraction of sp³-hybridized carbons (Fsp3) is 0.197. The van der Waals surface area contributed by atoms with Gasteiger partial charge in [-0.15, -0.1) is 0 Å². The smallest absolute Gasteiger partial charge is 0.167 e.